The maximum absolute atomic E-state index is 12.2. The molecule has 1 aliphatic heterocycles. The SMILES string of the molecule is COc1ccc(C)cc1C(=O)NCCN1CCNCC1. The van der Waals surface area contributed by atoms with E-state index in [4.69, 9.17) is 4.74 Å². The average molecular weight is 277 g/mol. The molecule has 2 N–H and O–H groups in total. The first kappa shape index (κ1) is 14.8. The van der Waals surface area contributed by atoms with Gasteiger partial charge in [-0.25, -0.2) is 0 Å². The van der Waals surface area contributed by atoms with Crippen molar-refractivity contribution in [3.63, 3.8) is 0 Å². The maximum atomic E-state index is 12.2. The third kappa shape index (κ3) is 3.95. The monoisotopic (exact) mass is 277 g/mol. The van der Waals surface area contributed by atoms with Gasteiger partial charge in [0.15, 0.2) is 0 Å². The lowest BCUT2D eigenvalue weighted by molar-refractivity contribution is 0.0944. The summed E-state index contributed by atoms with van der Waals surface area (Å²) < 4.78 is 5.24. The summed E-state index contributed by atoms with van der Waals surface area (Å²) >= 11 is 0. The van der Waals surface area contributed by atoms with Crippen molar-refractivity contribution < 1.29 is 9.53 Å². The summed E-state index contributed by atoms with van der Waals surface area (Å²) in [6.07, 6.45) is 0. The fourth-order valence-electron chi connectivity index (χ4n) is 2.36. The van der Waals surface area contributed by atoms with E-state index in [1.54, 1.807) is 7.11 Å². The molecule has 0 saturated carbocycles. The third-order valence-electron chi connectivity index (χ3n) is 3.52. The first-order valence-corrected chi connectivity index (χ1v) is 7.06. The number of carbonyl (C=O) groups is 1. The fraction of sp³-hybridized carbons (Fsp3) is 0.533. The lowest BCUT2D eigenvalue weighted by Gasteiger charge is -2.27. The van der Waals surface area contributed by atoms with Crippen LogP contribution in [0.4, 0.5) is 0 Å². The van der Waals surface area contributed by atoms with Gasteiger partial charge in [-0.1, -0.05) is 11.6 Å². The number of rotatable bonds is 5. The molecular weight excluding hydrogens is 254 g/mol. The van der Waals surface area contributed by atoms with Crippen LogP contribution >= 0.6 is 0 Å². The zero-order chi connectivity index (χ0) is 14.4. The van der Waals surface area contributed by atoms with Crippen molar-refractivity contribution in [2.45, 2.75) is 6.92 Å². The molecule has 1 aromatic rings. The molecule has 2 rings (SSSR count). The van der Waals surface area contributed by atoms with Crippen LogP contribution in [-0.2, 0) is 0 Å². The summed E-state index contributed by atoms with van der Waals surface area (Å²) in [6, 6.07) is 5.63. The van der Waals surface area contributed by atoms with Crippen molar-refractivity contribution in [1.29, 1.82) is 0 Å². The molecule has 0 atom stereocenters. The quantitative estimate of drug-likeness (QED) is 0.829. The van der Waals surface area contributed by atoms with E-state index in [2.05, 4.69) is 15.5 Å². The van der Waals surface area contributed by atoms with Crippen molar-refractivity contribution in [2.75, 3.05) is 46.4 Å². The number of nitrogens with one attached hydrogen (secondary N) is 2. The Morgan fingerprint density at radius 2 is 2.15 bits per heavy atom. The first-order chi connectivity index (χ1) is 9.70. The fourth-order valence-corrected chi connectivity index (χ4v) is 2.36. The number of nitrogens with zero attached hydrogens (tertiary/aromatic N) is 1. The van der Waals surface area contributed by atoms with E-state index in [0.717, 1.165) is 38.3 Å². The van der Waals surface area contributed by atoms with Crippen LogP contribution in [0.5, 0.6) is 5.75 Å². The predicted molar refractivity (Wildman–Crippen MR) is 79.4 cm³/mol. The number of ether oxygens (including phenoxy) is 1. The molecule has 0 aromatic heterocycles. The highest BCUT2D eigenvalue weighted by atomic mass is 16.5. The zero-order valence-electron chi connectivity index (χ0n) is 12.2. The van der Waals surface area contributed by atoms with Gasteiger partial charge in [0.2, 0.25) is 0 Å². The van der Waals surface area contributed by atoms with Gasteiger partial charge < -0.3 is 15.4 Å². The van der Waals surface area contributed by atoms with Gasteiger partial charge in [-0.05, 0) is 19.1 Å². The van der Waals surface area contributed by atoms with Gasteiger partial charge in [0, 0.05) is 39.3 Å². The molecule has 0 bridgehead atoms. The van der Waals surface area contributed by atoms with E-state index in [0.29, 0.717) is 17.9 Å². The number of methoxy groups -OCH3 is 1. The minimum Gasteiger partial charge on any atom is -0.496 e. The smallest absolute Gasteiger partial charge is 0.255 e. The van der Waals surface area contributed by atoms with Gasteiger partial charge in [-0.15, -0.1) is 0 Å². The molecule has 1 heterocycles. The second-order valence-electron chi connectivity index (χ2n) is 5.05. The van der Waals surface area contributed by atoms with Gasteiger partial charge in [-0.2, -0.15) is 0 Å². The van der Waals surface area contributed by atoms with Crippen LogP contribution in [0.1, 0.15) is 15.9 Å². The molecule has 0 aliphatic carbocycles. The summed E-state index contributed by atoms with van der Waals surface area (Å²) in [5.74, 6) is 0.552. The zero-order valence-corrected chi connectivity index (χ0v) is 12.2. The van der Waals surface area contributed by atoms with E-state index < -0.39 is 0 Å². The number of benzene rings is 1. The maximum Gasteiger partial charge on any atom is 0.255 e. The molecule has 1 aromatic carbocycles. The molecule has 20 heavy (non-hydrogen) atoms. The lowest BCUT2D eigenvalue weighted by Crippen LogP contribution is -2.46. The van der Waals surface area contributed by atoms with E-state index in [1.807, 2.05) is 25.1 Å². The van der Waals surface area contributed by atoms with Crippen LogP contribution in [0, 0.1) is 6.92 Å². The predicted octanol–water partition coefficient (Wildman–Crippen LogP) is 0.639. The number of amides is 1. The molecule has 110 valence electrons. The third-order valence-corrected chi connectivity index (χ3v) is 3.52. The van der Waals surface area contributed by atoms with Crippen LogP contribution in [0.15, 0.2) is 18.2 Å². The second-order valence-corrected chi connectivity index (χ2v) is 5.05. The first-order valence-electron chi connectivity index (χ1n) is 7.06. The molecular formula is C15H23N3O2. The summed E-state index contributed by atoms with van der Waals surface area (Å²) in [6.45, 7) is 7.67. The summed E-state index contributed by atoms with van der Waals surface area (Å²) in [7, 11) is 1.59. The summed E-state index contributed by atoms with van der Waals surface area (Å²) in [5.41, 5.74) is 1.66. The minimum absolute atomic E-state index is 0.0688. The van der Waals surface area contributed by atoms with E-state index >= 15 is 0 Å². The van der Waals surface area contributed by atoms with Crippen molar-refractivity contribution in [1.82, 2.24) is 15.5 Å². The van der Waals surface area contributed by atoms with Crippen LogP contribution in [0.3, 0.4) is 0 Å². The standard InChI is InChI=1S/C15H23N3O2/c1-12-3-4-14(20-2)13(11-12)15(19)17-7-10-18-8-5-16-6-9-18/h3-4,11,16H,5-10H2,1-2H3,(H,17,19). The summed E-state index contributed by atoms with van der Waals surface area (Å²) in [4.78, 5) is 14.5. The average Bonchev–Trinajstić information content (AvgIpc) is 2.48. The van der Waals surface area contributed by atoms with Crippen molar-refractivity contribution in [3.8, 4) is 5.75 Å². The van der Waals surface area contributed by atoms with E-state index in [-0.39, 0.29) is 5.91 Å². The molecule has 0 radical (unpaired) electrons. The largest absolute Gasteiger partial charge is 0.496 e. The Bertz CT molecular complexity index is 456. The molecule has 1 aliphatic rings. The Labute approximate surface area is 120 Å². The Hall–Kier alpha value is -1.59. The number of aryl methyl sites for hydroxylation is 1. The van der Waals surface area contributed by atoms with Crippen molar-refractivity contribution in [2.24, 2.45) is 0 Å². The van der Waals surface area contributed by atoms with Crippen LogP contribution in [-0.4, -0.2) is 57.2 Å². The Morgan fingerprint density at radius 1 is 1.40 bits per heavy atom. The highest BCUT2D eigenvalue weighted by Crippen LogP contribution is 2.19. The molecule has 1 fully saturated rings. The summed E-state index contributed by atoms with van der Waals surface area (Å²) in [5, 5.41) is 6.28. The molecule has 1 amide bonds. The van der Waals surface area contributed by atoms with Crippen molar-refractivity contribution in [3.05, 3.63) is 29.3 Å². The highest BCUT2D eigenvalue weighted by molar-refractivity contribution is 5.97. The normalized spacial score (nSPS) is 15.9. The van der Waals surface area contributed by atoms with Crippen LogP contribution in [0.25, 0.3) is 0 Å². The molecule has 1 saturated heterocycles. The van der Waals surface area contributed by atoms with Gasteiger partial charge in [0.05, 0.1) is 12.7 Å². The lowest BCUT2D eigenvalue weighted by atomic mass is 10.1. The van der Waals surface area contributed by atoms with E-state index in [1.165, 1.54) is 0 Å². The molecule has 0 unspecified atom stereocenters. The van der Waals surface area contributed by atoms with Gasteiger partial charge in [0.25, 0.3) is 5.91 Å². The van der Waals surface area contributed by atoms with Gasteiger partial charge in [-0.3, -0.25) is 9.69 Å². The Morgan fingerprint density at radius 3 is 2.85 bits per heavy atom. The van der Waals surface area contributed by atoms with Crippen LogP contribution < -0.4 is 15.4 Å². The molecule has 5 nitrogen and oxygen atoms in total. The minimum atomic E-state index is -0.0688. The van der Waals surface area contributed by atoms with E-state index in [9.17, 15) is 4.79 Å². The molecule has 5 heteroatoms. The number of hydrogen-bond acceptors (Lipinski definition) is 4. The number of carbonyl (C=O) groups excluding carboxylic acids is 1. The van der Waals surface area contributed by atoms with Crippen LogP contribution in [0.2, 0.25) is 0 Å². The number of piperazine rings is 1. The highest BCUT2D eigenvalue weighted by Gasteiger charge is 2.13. The second kappa shape index (κ2) is 7.26. The van der Waals surface area contributed by atoms with Crippen molar-refractivity contribution >= 4 is 5.91 Å². The Balaban J connectivity index is 1.86. The Kier molecular flexibility index (Phi) is 5.38. The van der Waals surface area contributed by atoms with Gasteiger partial charge >= 0.3 is 0 Å². The van der Waals surface area contributed by atoms with Gasteiger partial charge in [0.1, 0.15) is 5.75 Å². The number of hydrogen-bond donors (Lipinski definition) is 2. The molecule has 0 spiro atoms. The topological polar surface area (TPSA) is 53.6 Å².